The lowest BCUT2D eigenvalue weighted by molar-refractivity contribution is 0.414. The van der Waals surface area contributed by atoms with E-state index in [4.69, 9.17) is 10.5 Å². The second-order valence-electron chi connectivity index (χ2n) is 7.89. The number of anilines is 2. The Balaban J connectivity index is 1.85. The lowest BCUT2D eigenvalue weighted by Crippen LogP contribution is -2.31. The van der Waals surface area contributed by atoms with Crippen molar-refractivity contribution in [2.75, 3.05) is 44.4 Å². The second-order valence-corrected chi connectivity index (χ2v) is 7.89. The van der Waals surface area contributed by atoms with Gasteiger partial charge in [0.15, 0.2) is 5.75 Å². The molecule has 2 fully saturated rings. The summed E-state index contributed by atoms with van der Waals surface area (Å²) >= 11 is 0. The van der Waals surface area contributed by atoms with E-state index in [1.807, 2.05) is 7.05 Å². The molecule has 1 saturated heterocycles. The summed E-state index contributed by atoms with van der Waals surface area (Å²) in [6, 6.07) is 4.20. The van der Waals surface area contributed by atoms with Crippen LogP contribution < -0.4 is 31.9 Å². The molecule has 1 aliphatic heterocycles. The lowest BCUT2D eigenvalue weighted by atomic mass is 9.93. The van der Waals surface area contributed by atoms with Gasteiger partial charge in [-0.2, -0.15) is 5.26 Å². The molecular weight excluding hydrogens is 372 g/mol. The molecule has 0 spiro atoms. The lowest BCUT2D eigenvalue weighted by Gasteiger charge is -2.25. The first-order valence-electron chi connectivity index (χ1n) is 9.94. The van der Waals surface area contributed by atoms with E-state index in [1.54, 1.807) is 17.7 Å². The predicted octanol–water partition coefficient (Wildman–Crippen LogP) is 0.801. The van der Waals surface area contributed by atoms with Gasteiger partial charge >= 0.3 is 5.69 Å². The van der Waals surface area contributed by atoms with E-state index >= 15 is 0 Å². The fourth-order valence-corrected chi connectivity index (χ4v) is 4.44. The molecule has 0 bridgehead atoms. The molecule has 2 aliphatic rings. The highest BCUT2D eigenvalue weighted by atomic mass is 16.5. The highest BCUT2D eigenvalue weighted by molar-refractivity contribution is 5.99. The van der Waals surface area contributed by atoms with E-state index < -0.39 is 11.2 Å². The van der Waals surface area contributed by atoms with Gasteiger partial charge in [0.2, 0.25) is 0 Å². The van der Waals surface area contributed by atoms with Crippen molar-refractivity contribution in [2.24, 2.45) is 11.8 Å². The molecule has 29 heavy (non-hydrogen) atoms. The van der Waals surface area contributed by atoms with Gasteiger partial charge in [-0.1, -0.05) is 0 Å². The molecule has 2 heterocycles. The van der Waals surface area contributed by atoms with Gasteiger partial charge in [0.1, 0.15) is 5.52 Å². The Morgan fingerprint density at radius 1 is 1.41 bits per heavy atom. The van der Waals surface area contributed by atoms with E-state index in [0.717, 1.165) is 31.5 Å². The van der Waals surface area contributed by atoms with Crippen LogP contribution >= 0.6 is 0 Å². The van der Waals surface area contributed by atoms with Crippen molar-refractivity contribution in [3.8, 4) is 11.8 Å². The van der Waals surface area contributed by atoms with Crippen LogP contribution in [0.3, 0.4) is 0 Å². The van der Waals surface area contributed by atoms with Gasteiger partial charge in [0.05, 0.1) is 30.2 Å². The molecule has 0 radical (unpaired) electrons. The minimum absolute atomic E-state index is 0.0512. The number of hydrogen-bond donors (Lipinski definition) is 3. The van der Waals surface area contributed by atoms with Crippen LogP contribution in [-0.2, 0) is 0 Å². The van der Waals surface area contributed by atoms with Crippen molar-refractivity contribution in [1.29, 1.82) is 5.26 Å². The van der Waals surface area contributed by atoms with E-state index in [2.05, 4.69) is 21.3 Å². The number of hydrogen-bond acceptors (Lipinski definition) is 7. The number of nitrogens with zero attached hydrogens (tertiary/aromatic N) is 3. The largest absolute Gasteiger partial charge is 0.492 e. The van der Waals surface area contributed by atoms with Crippen LogP contribution in [0.25, 0.3) is 10.9 Å². The standard InChI is InChI=1S/C20H26N6O3/c1-23-9-12(8-21)11-5-6-25(10-11)15-7-14(22)16-17(18(15)29-2)26(13-3-4-13)20(28)24-19(16)27/h7,11-13,23H,3-6,9-10,22H2,1-2H3,(H,24,27,28). The molecule has 4 rings (SSSR count). The molecule has 0 amide bonds. The Morgan fingerprint density at radius 3 is 2.79 bits per heavy atom. The van der Waals surface area contributed by atoms with Crippen LogP contribution in [0.5, 0.6) is 5.75 Å². The average molecular weight is 398 g/mol. The smallest absolute Gasteiger partial charge is 0.329 e. The van der Waals surface area contributed by atoms with Gasteiger partial charge < -0.3 is 20.7 Å². The quantitative estimate of drug-likeness (QED) is 0.614. The molecule has 1 saturated carbocycles. The summed E-state index contributed by atoms with van der Waals surface area (Å²) in [7, 11) is 3.39. The summed E-state index contributed by atoms with van der Waals surface area (Å²) in [5, 5.41) is 12.9. The minimum Gasteiger partial charge on any atom is -0.492 e. The summed E-state index contributed by atoms with van der Waals surface area (Å²) < 4.78 is 7.35. The second kappa shape index (κ2) is 7.44. The molecule has 2 atom stereocenters. The van der Waals surface area contributed by atoms with Gasteiger partial charge in [-0.15, -0.1) is 0 Å². The summed E-state index contributed by atoms with van der Waals surface area (Å²) in [4.78, 5) is 29.6. The summed E-state index contributed by atoms with van der Waals surface area (Å²) in [5.41, 5.74) is 6.90. The maximum Gasteiger partial charge on any atom is 0.329 e. The topological polar surface area (TPSA) is 129 Å². The van der Waals surface area contributed by atoms with Crippen molar-refractivity contribution in [3.05, 3.63) is 26.9 Å². The number of aromatic amines is 1. The highest BCUT2D eigenvalue weighted by Crippen LogP contribution is 2.44. The number of nitrogens with two attached hydrogens (primary N) is 1. The average Bonchev–Trinajstić information content (AvgIpc) is 3.40. The summed E-state index contributed by atoms with van der Waals surface area (Å²) in [6.45, 7) is 2.09. The Kier molecular flexibility index (Phi) is 4.96. The molecule has 1 aromatic carbocycles. The normalized spacial score (nSPS) is 20.0. The molecule has 9 heteroatoms. The SMILES string of the molecule is CNCC(C#N)C1CCN(c2cc(N)c3c(=O)[nH]c(=O)n(C4CC4)c3c2OC)C1. The van der Waals surface area contributed by atoms with Gasteiger partial charge in [-0.3, -0.25) is 14.3 Å². The maximum atomic E-state index is 12.6. The van der Waals surface area contributed by atoms with Crippen LogP contribution in [0.2, 0.25) is 0 Å². The van der Waals surface area contributed by atoms with Crippen LogP contribution in [-0.4, -0.2) is 43.3 Å². The van der Waals surface area contributed by atoms with Gasteiger partial charge in [-0.25, -0.2) is 4.79 Å². The van der Waals surface area contributed by atoms with Crippen LogP contribution in [0.15, 0.2) is 15.7 Å². The van der Waals surface area contributed by atoms with Crippen LogP contribution in [0.1, 0.15) is 25.3 Å². The molecule has 2 unspecified atom stereocenters. The highest BCUT2D eigenvalue weighted by Gasteiger charge is 2.34. The van der Waals surface area contributed by atoms with E-state index in [1.165, 1.54) is 0 Å². The first kappa shape index (κ1) is 19.3. The zero-order chi connectivity index (χ0) is 20.7. The molecular formula is C20H26N6O3. The Hall–Kier alpha value is -2.99. The Morgan fingerprint density at radius 2 is 2.17 bits per heavy atom. The third kappa shape index (κ3) is 3.23. The van der Waals surface area contributed by atoms with Crippen molar-refractivity contribution < 1.29 is 4.74 Å². The van der Waals surface area contributed by atoms with Gasteiger partial charge in [0, 0.05) is 31.4 Å². The number of H-pyrrole nitrogens is 1. The number of nitrogens with one attached hydrogen (secondary N) is 2. The predicted molar refractivity (Wildman–Crippen MR) is 111 cm³/mol. The Bertz CT molecular complexity index is 1090. The van der Waals surface area contributed by atoms with Crippen molar-refractivity contribution in [3.63, 3.8) is 0 Å². The first-order chi connectivity index (χ1) is 14.0. The molecule has 1 aromatic heterocycles. The zero-order valence-corrected chi connectivity index (χ0v) is 16.7. The third-order valence-electron chi connectivity index (χ3n) is 6.01. The Labute approximate surface area is 168 Å². The van der Waals surface area contributed by atoms with Gasteiger partial charge in [-0.05, 0) is 38.3 Å². The minimum atomic E-state index is -0.498. The zero-order valence-electron chi connectivity index (χ0n) is 16.7. The molecule has 2 aromatic rings. The number of methoxy groups -OCH3 is 1. The number of nitrogen functional groups attached to an aromatic ring is 1. The number of rotatable bonds is 6. The molecule has 1 aliphatic carbocycles. The fourth-order valence-electron chi connectivity index (χ4n) is 4.44. The van der Waals surface area contributed by atoms with E-state index in [9.17, 15) is 14.9 Å². The third-order valence-corrected chi connectivity index (χ3v) is 6.01. The number of fused-ring (bicyclic) bond motifs is 1. The number of aromatic nitrogens is 2. The van der Waals surface area contributed by atoms with Crippen molar-refractivity contribution in [1.82, 2.24) is 14.9 Å². The molecule has 4 N–H and O–H groups in total. The van der Waals surface area contributed by atoms with Crippen molar-refractivity contribution in [2.45, 2.75) is 25.3 Å². The number of ether oxygens (including phenoxy) is 1. The van der Waals surface area contributed by atoms with Crippen LogP contribution in [0.4, 0.5) is 11.4 Å². The van der Waals surface area contributed by atoms with E-state index in [0.29, 0.717) is 30.0 Å². The maximum absolute atomic E-state index is 12.6. The number of nitriles is 1. The molecule has 154 valence electrons. The van der Waals surface area contributed by atoms with Crippen molar-refractivity contribution >= 4 is 22.3 Å². The summed E-state index contributed by atoms with van der Waals surface area (Å²) in [5.74, 6) is 0.632. The van der Waals surface area contributed by atoms with Gasteiger partial charge in [0.25, 0.3) is 5.56 Å². The fraction of sp³-hybridized carbons (Fsp3) is 0.550. The monoisotopic (exact) mass is 398 g/mol. The molecule has 9 nitrogen and oxygen atoms in total. The van der Waals surface area contributed by atoms with Crippen LogP contribution in [0, 0.1) is 23.2 Å². The summed E-state index contributed by atoms with van der Waals surface area (Å²) in [6.07, 6.45) is 2.65. The van der Waals surface area contributed by atoms with E-state index in [-0.39, 0.29) is 23.3 Å². The number of benzene rings is 1. The first-order valence-corrected chi connectivity index (χ1v) is 9.94.